The van der Waals surface area contributed by atoms with Crippen molar-refractivity contribution in [3.63, 3.8) is 0 Å². The van der Waals surface area contributed by atoms with E-state index in [4.69, 9.17) is 9.47 Å². The van der Waals surface area contributed by atoms with E-state index < -0.39 is 4.92 Å². The third-order valence-corrected chi connectivity index (χ3v) is 4.43. The highest BCUT2D eigenvalue weighted by atomic mass is 32.1. The maximum Gasteiger partial charge on any atom is 0.269 e. The molecule has 3 aromatic rings. The van der Waals surface area contributed by atoms with Crippen LogP contribution in [0.4, 0.5) is 10.8 Å². The fraction of sp³-hybridized carbons (Fsp3) is 0.200. The molecule has 0 fully saturated rings. The summed E-state index contributed by atoms with van der Waals surface area (Å²) in [5.41, 5.74) is 0.955. The second-order valence-corrected chi connectivity index (χ2v) is 7.23. The first kappa shape index (κ1) is 20.3. The van der Waals surface area contributed by atoms with Gasteiger partial charge in [-0.2, -0.15) is 0 Å². The summed E-state index contributed by atoms with van der Waals surface area (Å²) in [7, 11) is 0. The Morgan fingerprint density at radius 2 is 2.10 bits per heavy atom. The predicted molar refractivity (Wildman–Crippen MR) is 110 cm³/mol. The third kappa shape index (κ3) is 5.52. The molecule has 0 aliphatic rings. The first-order valence-electron chi connectivity index (χ1n) is 8.80. The van der Waals surface area contributed by atoms with Crippen LogP contribution in [0.1, 0.15) is 29.8 Å². The van der Waals surface area contributed by atoms with Crippen LogP contribution in [-0.2, 0) is 6.61 Å². The molecular formula is C20H19N3O5S. The maximum absolute atomic E-state index is 12.7. The van der Waals surface area contributed by atoms with Gasteiger partial charge in [0.25, 0.3) is 11.6 Å². The molecule has 0 saturated carbocycles. The molecular weight excluding hydrogens is 394 g/mol. The third-order valence-electron chi connectivity index (χ3n) is 3.74. The van der Waals surface area contributed by atoms with Gasteiger partial charge in [-0.1, -0.05) is 12.1 Å². The summed E-state index contributed by atoms with van der Waals surface area (Å²) >= 11 is 1.31. The SMILES string of the molecule is CC(C)Oc1ccc(OCc2cccc([N+](=O)[O-])c2)cc1C(=O)Nc1nccs1. The zero-order valence-electron chi connectivity index (χ0n) is 15.8. The molecule has 0 atom stereocenters. The van der Waals surface area contributed by atoms with Crippen LogP contribution in [-0.4, -0.2) is 21.9 Å². The molecule has 0 saturated heterocycles. The van der Waals surface area contributed by atoms with Gasteiger partial charge < -0.3 is 9.47 Å². The van der Waals surface area contributed by atoms with Crippen LogP contribution in [0.3, 0.4) is 0 Å². The number of hydrogen-bond acceptors (Lipinski definition) is 7. The number of anilines is 1. The van der Waals surface area contributed by atoms with Crippen LogP contribution in [0, 0.1) is 10.1 Å². The normalized spacial score (nSPS) is 10.6. The van der Waals surface area contributed by atoms with E-state index in [-0.39, 0.29) is 24.3 Å². The number of carbonyl (C=O) groups excluding carboxylic acids is 1. The molecule has 9 heteroatoms. The first-order valence-corrected chi connectivity index (χ1v) is 9.68. The minimum absolute atomic E-state index is 0.00436. The summed E-state index contributed by atoms with van der Waals surface area (Å²) in [5, 5.41) is 15.9. The Labute approximate surface area is 171 Å². The number of nitrogens with zero attached hydrogens (tertiary/aromatic N) is 2. The molecule has 1 heterocycles. The quantitative estimate of drug-likeness (QED) is 0.425. The molecule has 0 aliphatic heterocycles. The number of aromatic nitrogens is 1. The Bertz CT molecular complexity index is 1010. The number of thiazole rings is 1. The van der Waals surface area contributed by atoms with Crippen molar-refractivity contribution in [1.29, 1.82) is 0 Å². The van der Waals surface area contributed by atoms with E-state index in [1.165, 1.54) is 23.5 Å². The highest BCUT2D eigenvalue weighted by Crippen LogP contribution is 2.27. The number of non-ortho nitro benzene ring substituents is 1. The Hall–Kier alpha value is -3.46. The smallest absolute Gasteiger partial charge is 0.269 e. The zero-order chi connectivity index (χ0) is 20.8. The zero-order valence-corrected chi connectivity index (χ0v) is 16.6. The van der Waals surface area contributed by atoms with E-state index in [9.17, 15) is 14.9 Å². The molecule has 0 radical (unpaired) electrons. The van der Waals surface area contributed by atoms with Crippen molar-refractivity contribution in [1.82, 2.24) is 4.98 Å². The largest absolute Gasteiger partial charge is 0.490 e. The van der Waals surface area contributed by atoms with Crippen molar-refractivity contribution < 1.29 is 19.2 Å². The maximum atomic E-state index is 12.7. The van der Waals surface area contributed by atoms with Gasteiger partial charge in [-0.25, -0.2) is 4.98 Å². The summed E-state index contributed by atoms with van der Waals surface area (Å²) in [5.74, 6) is 0.505. The van der Waals surface area contributed by atoms with Crippen molar-refractivity contribution in [2.24, 2.45) is 0 Å². The molecule has 0 unspecified atom stereocenters. The van der Waals surface area contributed by atoms with Gasteiger partial charge in [0.2, 0.25) is 0 Å². The van der Waals surface area contributed by atoms with Crippen LogP contribution in [0.2, 0.25) is 0 Å². The lowest BCUT2D eigenvalue weighted by molar-refractivity contribution is -0.384. The Balaban J connectivity index is 1.79. The fourth-order valence-corrected chi connectivity index (χ4v) is 3.03. The van der Waals surface area contributed by atoms with E-state index in [0.717, 1.165) is 0 Å². The van der Waals surface area contributed by atoms with Crippen LogP contribution in [0.25, 0.3) is 0 Å². The van der Waals surface area contributed by atoms with Gasteiger partial charge in [0.05, 0.1) is 16.6 Å². The van der Waals surface area contributed by atoms with Gasteiger partial charge >= 0.3 is 0 Å². The number of ether oxygens (including phenoxy) is 2. The molecule has 0 aliphatic carbocycles. The molecule has 1 aromatic heterocycles. The molecule has 2 aromatic carbocycles. The van der Waals surface area contributed by atoms with E-state index in [0.29, 0.717) is 27.8 Å². The van der Waals surface area contributed by atoms with E-state index in [1.807, 2.05) is 13.8 Å². The van der Waals surface area contributed by atoms with Crippen molar-refractivity contribution in [3.8, 4) is 11.5 Å². The topological polar surface area (TPSA) is 104 Å². The first-order chi connectivity index (χ1) is 13.9. The average Bonchev–Trinajstić information content (AvgIpc) is 3.20. The second-order valence-electron chi connectivity index (χ2n) is 6.33. The Morgan fingerprint density at radius 1 is 1.28 bits per heavy atom. The van der Waals surface area contributed by atoms with Crippen LogP contribution < -0.4 is 14.8 Å². The van der Waals surface area contributed by atoms with Gasteiger partial charge in [-0.15, -0.1) is 11.3 Å². The standard InChI is InChI=1S/C20H19N3O5S/c1-13(2)28-18-7-6-16(11-17(18)19(24)22-20-21-8-9-29-20)27-12-14-4-3-5-15(10-14)23(25)26/h3-11,13H,12H2,1-2H3,(H,21,22,24). The monoisotopic (exact) mass is 413 g/mol. The summed E-state index contributed by atoms with van der Waals surface area (Å²) in [6.07, 6.45) is 1.49. The highest BCUT2D eigenvalue weighted by Gasteiger charge is 2.17. The summed E-state index contributed by atoms with van der Waals surface area (Å²) < 4.78 is 11.5. The molecule has 0 spiro atoms. The lowest BCUT2D eigenvalue weighted by Crippen LogP contribution is -2.16. The number of carbonyl (C=O) groups is 1. The number of hydrogen-bond donors (Lipinski definition) is 1. The molecule has 150 valence electrons. The van der Waals surface area contributed by atoms with E-state index >= 15 is 0 Å². The molecule has 3 rings (SSSR count). The minimum atomic E-state index is -0.456. The summed E-state index contributed by atoms with van der Waals surface area (Å²) in [6, 6.07) is 11.1. The van der Waals surface area contributed by atoms with Crippen LogP contribution in [0.15, 0.2) is 54.0 Å². The number of nitro benzene ring substituents is 1. The number of rotatable bonds is 8. The second kappa shape index (κ2) is 9.16. The highest BCUT2D eigenvalue weighted by molar-refractivity contribution is 7.13. The Morgan fingerprint density at radius 3 is 2.79 bits per heavy atom. The average molecular weight is 413 g/mol. The lowest BCUT2D eigenvalue weighted by Gasteiger charge is -2.15. The summed E-state index contributed by atoms with van der Waals surface area (Å²) in [4.78, 5) is 27.2. The Kier molecular flexibility index (Phi) is 6.40. The van der Waals surface area contributed by atoms with Crippen molar-refractivity contribution in [3.05, 3.63) is 75.3 Å². The van der Waals surface area contributed by atoms with Crippen LogP contribution >= 0.6 is 11.3 Å². The van der Waals surface area contributed by atoms with Gasteiger partial charge in [0.1, 0.15) is 18.1 Å². The van der Waals surface area contributed by atoms with E-state index in [2.05, 4.69) is 10.3 Å². The van der Waals surface area contributed by atoms with Gasteiger partial charge in [0.15, 0.2) is 5.13 Å². The fourth-order valence-electron chi connectivity index (χ4n) is 2.51. The van der Waals surface area contributed by atoms with Gasteiger partial charge in [-0.05, 0) is 37.6 Å². The number of benzene rings is 2. The minimum Gasteiger partial charge on any atom is -0.490 e. The molecule has 1 N–H and O–H groups in total. The van der Waals surface area contributed by atoms with Gasteiger partial charge in [-0.3, -0.25) is 20.2 Å². The number of nitrogens with one attached hydrogen (secondary N) is 1. The number of amides is 1. The summed E-state index contributed by atoms with van der Waals surface area (Å²) in [6.45, 7) is 3.87. The lowest BCUT2D eigenvalue weighted by atomic mass is 10.1. The molecule has 0 bridgehead atoms. The van der Waals surface area contributed by atoms with Crippen LogP contribution in [0.5, 0.6) is 11.5 Å². The number of nitro groups is 1. The molecule has 8 nitrogen and oxygen atoms in total. The van der Waals surface area contributed by atoms with Crippen molar-refractivity contribution in [2.75, 3.05) is 5.32 Å². The molecule has 29 heavy (non-hydrogen) atoms. The van der Waals surface area contributed by atoms with Gasteiger partial charge in [0, 0.05) is 23.7 Å². The molecule has 1 amide bonds. The van der Waals surface area contributed by atoms with E-state index in [1.54, 1.807) is 41.9 Å². The predicted octanol–water partition coefficient (Wildman–Crippen LogP) is 4.67. The van der Waals surface area contributed by atoms with Crippen molar-refractivity contribution >= 4 is 28.1 Å². The van der Waals surface area contributed by atoms with Crippen molar-refractivity contribution in [2.45, 2.75) is 26.6 Å².